The fourth-order valence-electron chi connectivity index (χ4n) is 6.79. The second kappa shape index (κ2) is 9.92. The van der Waals surface area contributed by atoms with Crippen molar-refractivity contribution >= 4 is 23.7 Å². The van der Waals surface area contributed by atoms with Crippen LogP contribution in [0.5, 0.6) is 0 Å². The number of dihydropyridines is 1. The molecule has 6 rings (SSSR count). The molecule has 3 heterocycles. The van der Waals surface area contributed by atoms with Crippen LogP contribution in [0.25, 0.3) is 0 Å². The van der Waals surface area contributed by atoms with Crippen molar-refractivity contribution < 1.29 is 9.59 Å². The predicted molar refractivity (Wildman–Crippen MR) is 142 cm³/mol. The summed E-state index contributed by atoms with van der Waals surface area (Å²) in [5, 5.41) is 7.00. The molecule has 6 heteroatoms. The number of rotatable bonds is 4. The summed E-state index contributed by atoms with van der Waals surface area (Å²) < 4.78 is 0. The molecule has 186 valence electrons. The molecule has 1 saturated heterocycles. The maximum Gasteiger partial charge on any atom is 0.251 e. The predicted octanol–water partition coefficient (Wildman–Crippen LogP) is 4.76. The minimum Gasteiger partial charge on any atom is -0.379 e. The first kappa shape index (κ1) is 23.0. The van der Waals surface area contributed by atoms with E-state index in [1.807, 2.05) is 42.6 Å². The lowest BCUT2D eigenvalue weighted by Gasteiger charge is -2.43. The molecule has 2 amide bonds. The molecular formula is C30H34N4O2. The number of anilines is 1. The number of para-hydroxylation sites is 1. The maximum absolute atomic E-state index is 14.2. The number of aliphatic imine (C=N–C) groups is 1. The number of benzene rings is 2. The summed E-state index contributed by atoms with van der Waals surface area (Å²) in [5.74, 6) is 0.248. The van der Waals surface area contributed by atoms with Gasteiger partial charge in [0.2, 0.25) is 5.91 Å². The van der Waals surface area contributed by atoms with E-state index in [4.69, 9.17) is 4.99 Å². The molecule has 6 atom stereocenters. The molecule has 2 aromatic carbocycles. The van der Waals surface area contributed by atoms with E-state index in [-0.39, 0.29) is 41.9 Å². The smallest absolute Gasteiger partial charge is 0.251 e. The molecule has 0 aromatic heterocycles. The van der Waals surface area contributed by atoms with Gasteiger partial charge in [-0.15, -0.1) is 0 Å². The van der Waals surface area contributed by atoms with Crippen LogP contribution < -0.4 is 10.6 Å². The standard InChI is InChI=1S/C30H34N4O2/c35-29(20-10-2-1-3-11-20)33-25-15-7-5-13-22(25)30(36)34-19-17-23-27(26-16-8-9-18-31-26)32-24-14-6-4-12-21(24)28(23)34/h1-4,6,8-12,14,18,22-23,25-28,32H,5,7,13,15-17,19H2,(H,33,35)/t22-,23+,25+,26?,27+,28-/m0/s1. The fraction of sp³-hybridized carbons (Fsp3) is 0.433. The van der Waals surface area contributed by atoms with Gasteiger partial charge in [-0.2, -0.15) is 0 Å². The van der Waals surface area contributed by atoms with E-state index < -0.39 is 0 Å². The zero-order chi connectivity index (χ0) is 24.5. The Kier molecular flexibility index (Phi) is 6.34. The number of hydrogen-bond acceptors (Lipinski definition) is 4. The minimum absolute atomic E-state index is 0.0495. The van der Waals surface area contributed by atoms with Gasteiger partial charge in [0.25, 0.3) is 5.91 Å². The zero-order valence-corrected chi connectivity index (χ0v) is 20.6. The van der Waals surface area contributed by atoms with E-state index in [0.29, 0.717) is 11.5 Å². The first-order valence-corrected chi connectivity index (χ1v) is 13.4. The van der Waals surface area contributed by atoms with Gasteiger partial charge in [-0.3, -0.25) is 14.6 Å². The first-order valence-electron chi connectivity index (χ1n) is 13.4. The molecule has 1 saturated carbocycles. The van der Waals surface area contributed by atoms with Crippen LogP contribution >= 0.6 is 0 Å². The van der Waals surface area contributed by atoms with Crippen molar-refractivity contribution in [3.8, 4) is 0 Å². The molecule has 0 radical (unpaired) electrons. The van der Waals surface area contributed by atoms with E-state index in [0.717, 1.165) is 50.8 Å². The average molecular weight is 483 g/mol. The molecule has 2 fully saturated rings. The maximum atomic E-state index is 14.2. The molecule has 0 bridgehead atoms. The molecule has 6 nitrogen and oxygen atoms in total. The van der Waals surface area contributed by atoms with E-state index in [1.165, 1.54) is 5.56 Å². The summed E-state index contributed by atoms with van der Waals surface area (Å²) in [5.41, 5.74) is 2.97. The van der Waals surface area contributed by atoms with Gasteiger partial charge in [-0.25, -0.2) is 0 Å². The van der Waals surface area contributed by atoms with Gasteiger partial charge in [0.15, 0.2) is 0 Å². The van der Waals surface area contributed by atoms with Crippen LogP contribution in [0.2, 0.25) is 0 Å². The quantitative estimate of drug-likeness (QED) is 0.660. The lowest BCUT2D eigenvalue weighted by atomic mass is 9.78. The highest BCUT2D eigenvalue weighted by atomic mass is 16.2. The highest BCUT2D eigenvalue weighted by Crippen LogP contribution is 2.48. The number of amides is 2. The number of nitrogens with zero attached hydrogens (tertiary/aromatic N) is 2. The fourth-order valence-corrected chi connectivity index (χ4v) is 6.79. The van der Waals surface area contributed by atoms with Crippen LogP contribution in [0.3, 0.4) is 0 Å². The summed E-state index contributed by atoms with van der Waals surface area (Å²) in [6, 6.07) is 18.0. The number of carbonyl (C=O) groups excluding carboxylic acids is 2. The Morgan fingerprint density at radius 3 is 2.61 bits per heavy atom. The lowest BCUT2D eigenvalue weighted by molar-refractivity contribution is -0.138. The average Bonchev–Trinajstić information content (AvgIpc) is 3.39. The normalized spacial score (nSPS) is 30.7. The first-order chi connectivity index (χ1) is 17.7. The Morgan fingerprint density at radius 2 is 1.78 bits per heavy atom. The van der Waals surface area contributed by atoms with Gasteiger partial charge < -0.3 is 15.5 Å². The van der Waals surface area contributed by atoms with Crippen LogP contribution in [0.1, 0.15) is 60.5 Å². The monoisotopic (exact) mass is 482 g/mol. The van der Waals surface area contributed by atoms with Gasteiger partial charge in [0.05, 0.1) is 24.0 Å². The third kappa shape index (κ3) is 4.23. The Morgan fingerprint density at radius 1 is 0.972 bits per heavy atom. The lowest BCUT2D eigenvalue weighted by Crippen LogP contribution is -2.51. The number of nitrogens with one attached hydrogen (secondary N) is 2. The Balaban J connectivity index is 1.26. The van der Waals surface area contributed by atoms with E-state index in [1.54, 1.807) is 0 Å². The van der Waals surface area contributed by atoms with Gasteiger partial charge in [0.1, 0.15) is 0 Å². The Labute approximate surface area is 212 Å². The van der Waals surface area contributed by atoms with Gasteiger partial charge >= 0.3 is 0 Å². The third-order valence-corrected chi connectivity index (χ3v) is 8.52. The van der Waals surface area contributed by atoms with Crippen molar-refractivity contribution in [2.24, 2.45) is 16.8 Å². The Hall–Kier alpha value is -3.41. The molecule has 3 aliphatic heterocycles. The molecule has 0 spiro atoms. The third-order valence-electron chi connectivity index (χ3n) is 8.52. The summed E-state index contributed by atoms with van der Waals surface area (Å²) >= 11 is 0. The van der Waals surface area contributed by atoms with Crippen molar-refractivity contribution in [2.75, 3.05) is 11.9 Å². The topological polar surface area (TPSA) is 73.8 Å². The Bertz CT molecular complexity index is 1180. The summed E-state index contributed by atoms with van der Waals surface area (Å²) in [4.78, 5) is 34.1. The number of hydrogen-bond donors (Lipinski definition) is 2. The van der Waals surface area contributed by atoms with Gasteiger partial charge in [0, 0.05) is 36.0 Å². The van der Waals surface area contributed by atoms with Crippen LogP contribution in [-0.4, -0.2) is 47.6 Å². The molecular weight excluding hydrogens is 448 g/mol. The molecule has 1 unspecified atom stereocenters. The van der Waals surface area contributed by atoms with Gasteiger partial charge in [-0.05, 0) is 55.5 Å². The number of likely N-dealkylation sites (tertiary alicyclic amines) is 1. The second-order valence-corrected chi connectivity index (χ2v) is 10.6. The molecule has 2 aromatic rings. The number of carbonyl (C=O) groups is 2. The molecule has 4 aliphatic rings. The van der Waals surface area contributed by atoms with Crippen molar-refractivity contribution in [1.29, 1.82) is 0 Å². The zero-order valence-electron chi connectivity index (χ0n) is 20.6. The van der Waals surface area contributed by atoms with Gasteiger partial charge in [-0.1, -0.05) is 55.3 Å². The second-order valence-electron chi connectivity index (χ2n) is 10.6. The van der Waals surface area contributed by atoms with Crippen molar-refractivity contribution in [2.45, 2.75) is 62.7 Å². The summed E-state index contributed by atoms with van der Waals surface area (Å²) in [6.45, 7) is 0.753. The van der Waals surface area contributed by atoms with Crippen LogP contribution in [0.4, 0.5) is 5.69 Å². The van der Waals surface area contributed by atoms with Crippen molar-refractivity contribution in [3.05, 3.63) is 77.9 Å². The summed E-state index contributed by atoms with van der Waals surface area (Å²) in [6.07, 6.45) is 11.7. The van der Waals surface area contributed by atoms with Crippen LogP contribution in [-0.2, 0) is 4.79 Å². The van der Waals surface area contributed by atoms with E-state index in [2.05, 4.69) is 45.9 Å². The van der Waals surface area contributed by atoms with Crippen LogP contribution in [0.15, 0.2) is 71.7 Å². The van der Waals surface area contributed by atoms with E-state index >= 15 is 0 Å². The molecule has 2 N–H and O–H groups in total. The number of fused-ring (bicyclic) bond motifs is 3. The van der Waals surface area contributed by atoms with Crippen LogP contribution in [0, 0.1) is 11.8 Å². The van der Waals surface area contributed by atoms with Crippen molar-refractivity contribution in [3.63, 3.8) is 0 Å². The van der Waals surface area contributed by atoms with Crippen molar-refractivity contribution in [1.82, 2.24) is 10.2 Å². The minimum atomic E-state index is -0.179. The highest BCUT2D eigenvalue weighted by Gasteiger charge is 2.49. The molecule has 36 heavy (non-hydrogen) atoms. The summed E-state index contributed by atoms with van der Waals surface area (Å²) in [7, 11) is 0. The van der Waals surface area contributed by atoms with E-state index in [9.17, 15) is 9.59 Å². The highest BCUT2D eigenvalue weighted by molar-refractivity contribution is 5.95. The SMILES string of the molecule is O=C(N[C@@H]1CCCC[C@@H]1C(=O)N1CC[C@@H]2[C@H](C3CC=CC=N3)Nc3ccccc3[C@@H]21)c1ccccc1. The molecule has 1 aliphatic carbocycles. The number of allylic oxidation sites excluding steroid dienone is 1. The largest absolute Gasteiger partial charge is 0.379 e.